The Bertz CT molecular complexity index is 487. The van der Waals surface area contributed by atoms with Crippen LogP contribution in [0.25, 0.3) is 0 Å². The molecular formula is C13H18N3O2S+. The molecule has 0 bridgehead atoms. The molecule has 5 nitrogen and oxygen atoms in total. The molecule has 0 spiro atoms. The number of hydrogen-bond donors (Lipinski definition) is 2. The van der Waals surface area contributed by atoms with Crippen molar-refractivity contribution in [1.82, 2.24) is 0 Å². The smallest absolute Gasteiger partial charge is 0.302 e. The van der Waals surface area contributed by atoms with Crippen LogP contribution in [0.3, 0.4) is 0 Å². The quantitative estimate of drug-likeness (QED) is 0.582. The molecule has 3 N–H and O–H groups in total. The van der Waals surface area contributed by atoms with Crippen molar-refractivity contribution in [3.8, 4) is 5.75 Å². The molecule has 19 heavy (non-hydrogen) atoms. The number of nitrogens with two attached hydrogens (primary N) is 1. The van der Waals surface area contributed by atoms with Crippen LogP contribution in [0.4, 0.5) is 5.69 Å². The number of rotatable bonds is 3. The van der Waals surface area contributed by atoms with Gasteiger partial charge >= 0.3 is 5.17 Å². The van der Waals surface area contributed by atoms with Gasteiger partial charge in [0.15, 0.2) is 0 Å². The van der Waals surface area contributed by atoms with Gasteiger partial charge in [-0.15, -0.1) is 0 Å². The molecule has 1 heterocycles. The Labute approximate surface area is 116 Å². The summed E-state index contributed by atoms with van der Waals surface area (Å²) in [7, 11) is 3.38. The molecule has 1 aliphatic heterocycles. The molecule has 0 aromatic heterocycles. The number of ether oxygens (including phenoxy) is 1. The van der Waals surface area contributed by atoms with Gasteiger partial charge in [-0.2, -0.15) is 0 Å². The molecule has 1 saturated heterocycles. The maximum atomic E-state index is 12.3. The van der Waals surface area contributed by atoms with Crippen molar-refractivity contribution < 1.29 is 14.5 Å². The summed E-state index contributed by atoms with van der Waals surface area (Å²) in [4.78, 5) is 16.9. The number of hydrogen-bond acceptors (Lipinski definition) is 3. The van der Waals surface area contributed by atoms with Crippen LogP contribution in [0.1, 0.15) is 6.42 Å². The van der Waals surface area contributed by atoms with Crippen LogP contribution in [0.15, 0.2) is 24.3 Å². The van der Waals surface area contributed by atoms with E-state index in [9.17, 15) is 4.79 Å². The maximum Gasteiger partial charge on any atom is 0.302 e. The Morgan fingerprint density at radius 1 is 1.47 bits per heavy atom. The third-order valence-corrected chi connectivity index (χ3v) is 4.24. The van der Waals surface area contributed by atoms with Gasteiger partial charge in [-0.1, -0.05) is 0 Å². The molecule has 2 rings (SSSR count). The molecule has 1 amide bonds. The highest BCUT2D eigenvalue weighted by Crippen LogP contribution is 2.28. The van der Waals surface area contributed by atoms with Gasteiger partial charge in [-0.05, 0) is 42.4 Å². The third-order valence-electron chi connectivity index (χ3n) is 3.06. The molecule has 0 aliphatic carbocycles. The molecule has 1 unspecified atom stereocenters. The highest BCUT2D eigenvalue weighted by Gasteiger charge is 2.34. The summed E-state index contributed by atoms with van der Waals surface area (Å²) in [5, 5.41) is 0.476. The molecule has 102 valence electrons. The average Bonchev–Trinajstić information content (AvgIpc) is 2.80. The lowest BCUT2D eigenvalue weighted by Gasteiger charge is -2.16. The number of amidine groups is 1. The molecule has 1 aromatic carbocycles. The fraction of sp³-hybridized carbons (Fsp3) is 0.385. The number of carbonyl (C=O) groups is 1. The van der Waals surface area contributed by atoms with Gasteiger partial charge in [0.05, 0.1) is 19.4 Å². The number of carbonyl (C=O) groups excluding carboxylic acids is 1. The zero-order valence-electron chi connectivity index (χ0n) is 11.1. The van der Waals surface area contributed by atoms with Crippen molar-refractivity contribution in [3.05, 3.63) is 24.3 Å². The largest absolute Gasteiger partial charge is 0.497 e. The summed E-state index contributed by atoms with van der Waals surface area (Å²) >= 11 is 1.39. The third kappa shape index (κ3) is 3.01. The normalized spacial score (nSPS) is 19.9. The van der Waals surface area contributed by atoms with E-state index in [1.165, 1.54) is 11.8 Å². The van der Waals surface area contributed by atoms with Crippen LogP contribution in [0, 0.1) is 0 Å². The summed E-state index contributed by atoms with van der Waals surface area (Å²) in [6.07, 6.45) is 0.803. The lowest BCUT2D eigenvalue weighted by Crippen LogP contribution is -2.70. The lowest BCUT2D eigenvalue weighted by atomic mass is 10.3. The molecule has 1 atom stereocenters. The van der Waals surface area contributed by atoms with Gasteiger partial charge in [0, 0.05) is 12.2 Å². The van der Waals surface area contributed by atoms with Gasteiger partial charge in [0.2, 0.25) is 5.91 Å². The second-order valence-electron chi connectivity index (χ2n) is 4.20. The number of anilines is 1. The number of thioether (sulfide) groups is 1. The minimum Gasteiger partial charge on any atom is -0.497 e. The number of nitrogens with one attached hydrogen (secondary N) is 1. The van der Waals surface area contributed by atoms with E-state index in [2.05, 4.69) is 4.99 Å². The monoisotopic (exact) mass is 280 g/mol. The van der Waals surface area contributed by atoms with E-state index in [-0.39, 0.29) is 11.2 Å². The van der Waals surface area contributed by atoms with Crippen LogP contribution in [0.5, 0.6) is 5.75 Å². The van der Waals surface area contributed by atoms with Gasteiger partial charge < -0.3 is 9.64 Å². The number of methoxy groups -OCH3 is 1. The molecule has 1 fully saturated rings. The van der Waals surface area contributed by atoms with Crippen LogP contribution in [-0.4, -0.2) is 37.0 Å². The highest BCUT2D eigenvalue weighted by molar-refractivity contribution is 8.14. The van der Waals surface area contributed by atoms with Crippen molar-refractivity contribution in [2.24, 2.45) is 5.73 Å². The van der Waals surface area contributed by atoms with Gasteiger partial charge in [-0.3, -0.25) is 15.5 Å². The van der Waals surface area contributed by atoms with E-state index in [0.29, 0.717) is 5.17 Å². The fourth-order valence-corrected chi connectivity index (χ4v) is 2.87. The fourth-order valence-electron chi connectivity index (χ4n) is 1.99. The molecule has 0 radical (unpaired) electrons. The predicted molar refractivity (Wildman–Crippen MR) is 77.4 cm³/mol. The summed E-state index contributed by atoms with van der Waals surface area (Å²) in [6, 6.07) is 7.51. The van der Waals surface area contributed by atoms with Crippen molar-refractivity contribution in [1.29, 1.82) is 0 Å². The minimum absolute atomic E-state index is 0.102. The van der Waals surface area contributed by atoms with Crippen molar-refractivity contribution in [2.75, 3.05) is 25.6 Å². The predicted octanol–water partition coefficient (Wildman–Crippen LogP) is -0.441. The zero-order chi connectivity index (χ0) is 13.8. The first kappa shape index (κ1) is 13.7. The van der Waals surface area contributed by atoms with E-state index in [1.807, 2.05) is 24.3 Å². The van der Waals surface area contributed by atoms with Crippen molar-refractivity contribution >= 4 is 28.5 Å². The molecule has 6 heteroatoms. The Morgan fingerprint density at radius 3 is 2.74 bits per heavy atom. The first-order valence-electron chi connectivity index (χ1n) is 6.08. The number of benzene rings is 1. The maximum absolute atomic E-state index is 12.3. The van der Waals surface area contributed by atoms with E-state index in [1.54, 1.807) is 19.1 Å². The van der Waals surface area contributed by atoms with E-state index in [0.717, 1.165) is 24.4 Å². The molecule has 1 aromatic rings. The Hall–Kier alpha value is -1.69. The topological polar surface area (TPSA) is 69.5 Å². The number of amides is 1. The van der Waals surface area contributed by atoms with E-state index in [4.69, 9.17) is 10.5 Å². The van der Waals surface area contributed by atoms with Crippen LogP contribution < -0.4 is 20.4 Å². The standard InChI is InChI=1S/C13H17N3O2S/c1-15-13(14)19-11-7-8-16(12(11)17)9-3-5-10(18-2)6-4-9/h3-6,11H,7-8H2,1-2H3,(H2,14,15)/p+1. The SMILES string of the molecule is C[NH+]=C(N)SC1CCN(c2ccc(OC)cc2)C1=O. The van der Waals surface area contributed by atoms with Crippen molar-refractivity contribution in [3.63, 3.8) is 0 Å². The second kappa shape index (κ2) is 5.97. The second-order valence-corrected chi connectivity index (χ2v) is 5.44. The lowest BCUT2D eigenvalue weighted by molar-refractivity contribution is -0.417. The molecular weight excluding hydrogens is 262 g/mol. The van der Waals surface area contributed by atoms with E-state index >= 15 is 0 Å². The summed E-state index contributed by atoms with van der Waals surface area (Å²) in [5.74, 6) is 0.891. The van der Waals surface area contributed by atoms with Crippen LogP contribution in [0.2, 0.25) is 0 Å². The minimum atomic E-state index is -0.102. The summed E-state index contributed by atoms with van der Waals surface area (Å²) in [5.41, 5.74) is 6.62. The Morgan fingerprint density at radius 2 is 2.16 bits per heavy atom. The average molecular weight is 280 g/mol. The Balaban J connectivity index is 2.08. The first-order valence-corrected chi connectivity index (χ1v) is 6.96. The zero-order valence-corrected chi connectivity index (χ0v) is 11.9. The molecule has 1 aliphatic rings. The highest BCUT2D eigenvalue weighted by atomic mass is 32.2. The summed E-state index contributed by atoms with van der Waals surface area (Å²) in [6.45, 7) is 0.722. The van der Waals surface area contributed by atoms with Gasteiger partial charge in [0.1, 0.15) is 5.75 Å². The first-order chi connectivity index (χ1) is 9.15. The summed E-state index contributed by atoms with van der Waals surface area (Å²) < 4.78 is 5.11. The van der Waals surface area contributed by atoms with Gasteiger partial charge in [-0.25, -0.2) is 0 Å². The molecule has 0 saturated carbocycles. The van der Waals surface area contributed by atoms with Crippen LogP contribution >= 0.6 is 11.8 Å². The van der Waals surface area contributed by atoms with Gasteiger partial charge in [0.25, 0.3) is 0 Å². The van der Waals surface area contributed by atoms with Crippen molar-refractivity contribution in [2.45, 2.75) is 11.7 Å². The van der Waals surface area contributed by atoms with Crippen LogP contribution in [-0.2, 0) is 4.79 Å². The number of nitrogens with zero attached hydrogens (tertiary/aromatic N) is 1. The van der Waals surface area contributed by atoms with E-state index < -0.39 is 0 Å². The Kier molecular flexibility index (Phi) is 4.31.